The fraction of sp³-hybridized carbons (Fsp3) is 0.308. The summed E-state index contributed by atoms with van der Waals surface area (Å²) in [5.41, 5.74) is 5.34. The minimum atomic E-state index is -0.811. The lowest BCUT2D eigenvalue weighted by Gasteiger charge is -2.11. The van der Waals surface area contributed by atoms with Crippen LogP contribution in [-0.4, -0.2) is 31.9 Å². The van der Waals surface area contributed by atoms with Crippen LogP contribution < -0.4 is 4.74 Å². The average molecular weight is 457 g/mol. The molecule has 0 bridgehead atoms. The Bertz CT molecular complexity index is 1440. The van der Waals surface area contributed by atoms with Crippen molar-refractivity contribution in [2.24, 2.45) is 0 Å². The van der Waals surface area contributed by atoms with E-state index in [2.05, 4.69) is 20.8 Å². The highest BCUT2D eigenvalue weighted by molar-refractivity contribution is 5.98. The van der Waals surface area contributed by atoms with Crippen LogP contribution in [0.3, 0.4) is 0 Å². The minimum absolute atomic E-state index is 0.0435. The molecular formula is C26H24N4O4. The molecule has 8 heteroatoms. The molecule has 0 radical (unpaired) electrons. The van der Waals surface area contributed by atoms with Crippen LogP contribution in [0.15, 0.2) is 40.9 Å². The maximum Gasteiger partial charge on any atom is 0.305 e. The van der Waals surface area contributed by atoms with Crippen molar-refractivity contribution in [2.45, 2.75) is 52.2 Å². The van der Waals surface area contributed by atoms with Crippen LogP contribution in [0.5, 0.6) is 5.75 Å². The fourth-order valence-electron chi connectivity index (χ4n) is 4.73. The topological polar surface area (TPSA) is 114 Å². The number of carboxylic acids is 1. The van der Waals surface area contributed by atoms with Gasteiger partial charge in [-0.05, 0) is 62.9 Å². The summed E-state index contributed by atoms with van der Waals surface area (Å²) >= 11 is 0. The Morgan fingerprint density at radius 2 is 2.15 bits per heavy atom. The third-order valence-electron chi connectivity index (χ3n) is 6.08. The zero-order valence-electron chi connectivity index (χ0n) is 19.0. The second-order valence-corrected chi connectivity index (χ2v) is 8.69. The Kier molecular flexibility index (Phi) is 5.54. The Balaban J connectivity index is 1.56. The van der Waals surface area contributed by atoms with Crippen molar-refractivity contribution >= 4 is 16.9 Å². The van der Waals surface area contributed by atoms with Gasteiger partial charge in [0.2, 0.25) is 5.82 Å². The molecule has 172 valence electrons. The van der Waals surface area contributed by atoms with Gasteiger partial charge in [-0.25, -0.2) is 0 Å². The summed E-state index contributed by atoms with van der Waals surface area (Å²) in [6, 6.07) is 13.3. The van der Waals surface area contributed by atoms with Gasteiger partial charge in [0.1, 0.15) is 11.8 Å². The Morgan fingerprint density at radius 3 is 2.91 bits per heavy atom. The Morgan fingerprint density at radius 1 is 1.29 bits per heavy atom. The summed E-state index contributed by atoms with van der Waals surface area (Å²) < 4.78 is 13.4. The predicted octanol–water partition coefficient (Wildman–Crippen LogP) is 4.98. The number of ether oxygens (including phenoxy) is 1. The number of benzene rings is 2. The van der Waals surface area contributed by atoms with Crippen LogP contribution >= 0.6 is 0 Å². The van der Waals surface area contributed by atoms with E-state index in [4.69, 9.17) is 9.26 Å². The summed E-state index contributed by atoms with van der Waals surface area (Å²) in [4.78, 5) is 15.8. The van der Waals surface area contributed by atoms with Crippen LogP contribution in [0.2, 0.25) is 0 Å². The number of aliphatic carboxylic acids is 1. The molecule has 0 saturated carbocycles. The summed E-state index contributed by atoms with van der Waals surface area (Å²) in [6.07, 6.45) is 2.95. The van der Waals surface area contributed by atoms with E-state index >= 15 is 0 Å². The molecule has 0 saturated heterocycles. The highest BCUT2D eigenvalue weighted by Crippen LogP contribution is 2.39. The van der Waals surface area contributed by atoms with Gasteiger partial charge in [-0.2, -0.15) is 10.2 Å². The number of hydrogen-bond acceptors (Lipinski definition) is 6. The Hall–Kier alpha value is -4.12. The number of carboxylic acid groups (broad SMARTS) is 1. The molecule has 0 amide bonds. The van der Waals surface area contributed by atoms with E-state index in [1.54, 1.807) is 18.2 Å². The number of nitriles is 1. The summed E-state index contributed by atoms with van der Waals surface area (Å²) in [7, 11) is 0. The maximum absolute atomic E-state index is 11.2. The van der Waals surface area contributed by atoms with Crippen molar-refractivity contribution in [1.82, 2.24) is 14.7 Å². The van der Waals surface area contributed by atoms with Crippen LogP contribution in [0.4, 0.5) is 0 Å². The molecule has 0 spiro atoms. The standard InChI is InChI=1S/C26H24N4O4/c1-15(2)33-22-10-9-16(13-17(22)14-27)26-28-25(29-34-26)19-6-4-8-21-24(19)18-5-3-7-20(18)30(21)12-11-23(31)32/h4,6,8-10,13,15H,3,5,7,11-12H2,1-2H3,(H,31,32). The molecule has 0 unspecified atom stereocenters. The second-order valence-electron chi connectivity index (χ2n) is 8.69. The lowest BCUT2D eigenvalue weighted by Crippen LogP contribution is -2.07. The molecule has 4 aromatic rings. The highest BCUT2D eigenvalue weighted by Gasteiger charge is 2.25. The lowest BCUT2D eigenvalue weighted by atomic mass is 10.0. The molecule has 5 rings (SSSR count). The van der Waals surface area contributed by atoms with Gasteiger partial charge < -0.3 is 18.9 Å². The number of aromatic nitrogens is 3. The normalized spacial score (nSPS) is 12.8. The first-order valence-electron chi connectivity index (χ1n) is 11.4. The molecule has 0 aliphatic heterocycles. The number of aryl methyl sites for hydroxylation is 2. The molecule has 34 heavy (non-hydrogen) atoms. The summed E-state index contributed by atoms with van der Waals surface area (Å²) in [5, 5.41) is 24.0. The third kappa shape index (κ3) is 3.79. The van der Waals surface area contributed by atoms with E-state index in [9.17, 15) is 15.2 Å². The van der Waals surface area contributed by atoms with Crippen LogP contribution in [-0.2, 0) is 24.2 Å². The van der Waals surface area contributed by atoms with Crippen molar-refractivity contribution in [3.63, 3.8) is 0 Å². The van der Waals surface area contributed by atoms with Crippen LogP contribution in [0.1, 0.15) is 43.5 Å². The summed E-state index contributed by atoms with van der Waals surface area (Å²) in [6.45, 7) is 4.25. The van der Waals surface area contributed by atoms with E-state index in [0.29, 0.717) is 35.1 Å². The quantitative estimate of drug-likeness (QED) is 0.417. The van der Waals surface area contributed by atoms with E-state index in [-0.39, 0.29) is 12.5 Å². The molecular weight excluding hydrogens is 432 g/mol. The van der Waals surface area contributed by atoms with Gasteiger partial charge in [-0.15, -0.1) is 0 Å². The van der Waals surface area contributed by atoms with E-state index < -0.39 is 5.97 Å². The average Bonchev–Trinajstić information content (AvgIpc) is 3.54. The number of hydrogen-bond donors (Lipinski definition) is 1. The first-order chi connectivity index (χ1) is 16.5. The van der Waals surface area contributed by atoms with Crippen molar-refractivity contribution in [3.05, 3.63) is 53.2 Å². The highest BCUT2D eigenvalue weighted by atomic mass is 16.5. The fourth-order valence-corrected chi connectivity index (χ4v) is 4.73. The van der Waals surface area contributed by atoms with Gasteiger partial charge in [-0.1, -0.05) is 17.3 Å². The van der Waals surface area contributed by atoms with Crippen LogP contribution in [0, 0.1) is 11.3 Å². The molecule has 2 heterocycles. The number of nitrogens with zero attached hydrogens (tertiary/aromatic N) is 4. The zero-order valence-corrected chi connectivity index (χ0v) is 19.0. The van der Waals surface area contributed by atoms with Gasteiger partial charge >= 0.3 is 5.97 Å². The van der Waals surface area contributed by atoms with Gasteiger partial charge in [0, 0.05) is 34.3 Å². The Labute approximate surface area is 196 Å². The van der Waals surface area contributed by atoms with Crippen LogP contribution in [0.25, 0.3) is 33.7 Å². The smallest absolute Gasteiger partial charge is 0.305 e. The molecule has 2 aromatic heterocycles. The van der Waals surface area contributed by atoms with Gasteiger partial charge in [0.25, 0.3) is 5.89 Å². The molecule has 0 fully saturated rings. The largest absolute Gasteiger partial charge is 0.490 e. The molecule has 0 atom stereocenters. The number of carbonyl (C=O) groups is 1. The SMILES string of the molecule is CC(C)Oc1ccc(-c2nc(-c3cccc4c3c3c(n4CCC(=O)O)CCC3)no2)cc1C#N. The number of rotatable bonds is 7. The van der Waals surface area contributed by atoms with E-state index in [1.165, 1.54) is 11.3 Å². The van der Waals surface area contributed by atoms with Gasteiger partial charge in [0.05, 0.1) is 18.1 Å². The summed E-state index contributed by atoms with van der Waals surface area (Å²) in [5.74, 6) is 0.492. The maximum atomic E-state index is 11.2. The van der Waals surface area contributed by atoms with Crippen molar-refractivity contribution in [2.75, 3.05) is 0 Å². The first kappa shape index (κ1) is 21.7. The van der Waals surface area contributed by atoms with Crippen molar-refractivity contribution in [3.8, 4) is 34.7 Å². The molecule has 8 nitrogen and oxygen atoms in total. The van der Waals surface area contributed by atoms with Gasteiger partial charge in [-0.3, -0.25) is 4.79 Å². The molecule has 1 aliphatic carbocycles. The molecule has 2 aromatic carbocycles. The lowest BCUT2D eigenvalue weighted by molar-refractivity contribution is -0.137. The molecule has 1 aliphatic rings. The minimum Gasteiger partial charge on any atom is -0.490 e. The second kappa shape index (κ2) is 8.67. The zero-order chi connectivity index (χ0) is 23.8. The van der Waals surface area contributed by atoms with Gasteiger partial charge in [0.15, 0.2) is 0 Å². The van der Waals surface area contributed by atoms with Crippen molar-refractivity contribution in [1.29, 1.82) is 5.26 Å². The first-order valence-corrected chi connectivity index (χ1v) is 11.4. The monoisotopic (exact) mass is 456 g/mol. The molecule has 1 N–H and O–H groups in total. The van der Waals surface area contributed by atoms with E-state index in [1.807, 2.05) is 32.0 Å². The predicted molar refractivity (Wildman–Crippen MR) is 125 cm³/mol. The van der Waals surface area contributed by atoms with Crippen molar-refractivity contribution < 1.29 is 19.2 Å². The van der Waals surface area contributed by atoms with E-state index in [0.717, 1.165) is 35.7 Å². The number of fused-ring (bicyclic) bond motifs is 3. The third-order valence-corrected chi connectivity index (χ3v) is 6.08.